The summed E-state index contributed by atoms with van der Waals surface area (Å²) < 4.78 is 13.5. The second kappa shape index (κ2) is 5.03. The Morgan fingerprint density at radius 3 is 3.09 bits per heavy atom. The molecule has 2 aromatic heterocycles. The van der Waals surface area contributed by atoms with Gasteiger partial charge in [0.05, 0.1) is 23.7 Å². The maximum Gasteiger partial charge on any atom is 0.160 e. The van der Waals surface area contributed by atoms with Gasteiger partial charge in [-0.1, -0.05) is 12.1 Å². The average Bonchev–Trinajstić information content (AvgIpc) is 3.13. The molecule has 0 radical (unpaired) electrons. The number of aliphatic hydroxyl groups is 1. The molecule has 3 aromatic rings. The van der Waals surface area contributed by atoms with Crippen molar-refractivity contribution in [1.29, 1.82) is 0 Å². The molecule has 0 unspecified atom stereocenters. The van der Waals surface area contributed by atoms with E-state index in [1.165, 1.54) is 18.5 Å². The van der Waals surface area contributed by atoms with E-state index in [2.05, 4.69) is 20.2 Å². The van der Waals surface area contributed by atoms with Crippen molar-refractivity contribution >= 4 is 16.9 Å². The number of aromatic nitrogens is 4. The summed E-state index contributed by atoms with van der Waals surface area (Å²) in [6.07, 6.45) is 3.18. The van der Waals surface area contributed by atoms with Gasteiger partial charge in [0, 0.05) is 6.54 Å². The Bertz CT molecular complexity index is 820. The summed E-state index contributed by atoms with van der Waals surface area (Å²) in [5, 5.41) is 17.7. The minimum Gasteiger partial charge on any atom is -0.391 e. The summed E-state index contributed by atoms with van der Waals surface area (Å²) in [7, 11) is 0. The number of aliphatic hydroxyl groups excluding tert-OH is 1. The van der Waals surface area contributed by atoms with Crippen LogP contribution >= 0.6 is 0 Å². The lowest BCUT2D eigenvalue weighted by Gasteiger charge is -2.26. The zero-order chi connectivity index (χ0) is 15.1. The molecule has 0 spiro atoms. The van der Waals surface area contributed by atoms with Crippen LogP contribution in [0.5, 0.6) is 0 Å². The third-order valence-corrected chi connectivity index (χ3v) is 4.01. The summed E-state index contributed by atoms with van der Waals surface area (Å²) in [6, 6.07) is 6.34. The van der Waals surface area contributed by atoms with Crippen molar-refractivity contribution in [1.82, 2.24) is 20.2 Å². The second-order valence-electron chi connectivity index (χ2n) is 5.44. The smallest absolute Gasteiger partial charge is 0.160 e. The third-order valence-electron chi connectivity index (χ3n) is 4.01. The highest BCUT2D eigenvalue weighted by atomic mass is 19.1. The molecule has 2 N–H and O–H groups in total. The molecule has 3 heterocycles. The van der Waals surface area contributed by atoms with Gasteiger partial charge in [0.15, 0.2) is 5.65 Å². The van der Waals surface area contributed by atoms with Crippen molar-refractivity contribution in [3.8, 4) is 0 Å². The number of nitrogens with zero attached hydrogens (tertiary/aromatic N) is 4. The molecule has 4 rings (SSSR count). The van der Waals surface area contributed by atoms with Crippen molar-refractivity contribution in [2.75, 3.05) is 11.4 Å². The first-order chi connectivity index (χ1) is 10.7. The van der Waals surface area contributed by atoms with Crippen LogP contribution in [-0.4, -0.2) is 37.9 Å². The lowest BCUT2D eigenvalue weighted by molar-refractivity contribution is 0.194. The zero-order valence-corrected chi connectivity index (χ0v) is 11.6. The first-order valence-corrected chi connectivity index (χ1v) is 7.06. The number of H-pyrrole nitrogens is 1. The van der Waals surface area contributed by atoms with Gasteiger partial charge in [-0.15, -0.1) is 0 Å². The molecule has 1 fully saturated rings. The lowest BCUT2D eigenvalue weighted by atomic mass is 10.0. The van der Waals surface area contributed by atoms with Gasteiger partial charge in [0.2, 0.25) is 0 Å². The molecular weight excluding hydrogens is 285 g/mol. The van der Waals surface area contributed by atoms with E-state index in [0.717, 1.165) is 10.9 Å². The summed E-state index contributed by atoms with van der Waals surface area (Å²) in [5.41, 5.74) is 1.47. The number of benzene rings is 1. The van der Waals surface area contributed by atoms with Gasteiger partial charge >= 0.3 is 0 Å². The molecule has 0 amide bonds. The minimum absolute atomic E-state index is 0.126. The van der Waals surface area contributed by atoms with Crippen molar-refractivity contribution in [2.24, 2.45) is 0 Å². The molecule has 6 nitrogen and oxygen atoms in total. The summed E-state index contributed by atoms with van der Waals surface area (Å²) >= 11 is 0. The van der Waals surface area contributed by atoms with Crippen LogP contribution in [0.3, 0.4) is 0 Å². The van der Waals surface area contributed by atoms with Crippen molar-refractivity contribution < 1.29 is 9.50 Å². The molecule has 1 aromatic carbocycles. The van der Waals surface area contributed by atoms with Crippen LogP contribution in [0.25, 0.3) is 11.0 Å². The van der Waals surface area contributed by atoms with Crippen LogP contribution in [0.2, 0.25) is 0 Å². The van der Waals surface area contributed by atoms with Crippen LogP contribution in [-0.2, 0) is 0 Å². The number of nitrogens with one attached hydrogen (secondary N) is 1. The second-order valence-corrected chi connectivity index (χ2v) is 5.44. The zero-order valence-electron chi connectivity index (χ0n) is 11.6. The van der Waals surface area contributed by atoms with E-state index in [9.17, 15) is 9.50 Å². The van der Waals surface area contributed by atoms with Gasteiger partial charge in [0.1, 0.15) is 18.0 Å². The highest BCUT2D eigenvalue weighted by molar-refractivity contribution is 5.86. The molecule has 2 atom stereocenters. The number of rotatable bonds is 2. The quantitative estimate of drug-likeness (QED) is 0.754. The fourth-order valence-electron chi connectivity index (χ4n) is 3.06. The van der Waals surface area contributed by atoms with E-state index in [0.29, 0.717) is 24.4 Å². The van der Waals surface area contributed by atoms with E-state index in [1.807, 2.05) is 11.0 Å². The van der Waals surface area contributed by atoms with Crippen LogP contribution in [0.1, 0.15) is 18.0 Å². The van der Waals surface area contributed by atoms with Gasteiger partial charge in [0.25, 0.3) is 0 Å². The summed E-state index contributed by atoms with van der Waals surface area (Å²) in [6.45, 7) is 0.443. The topological polar surface area (TPSA) is 77.9 Å². The molecule has 1 aliphatic rings. The Morgan fingerprint density at radius 2 is 2.23 bits per heavy atom. The third kappa shape index (κ3) is 2.10. The molecule has 1 aliphatic heterocycles. The Morgan fingerprint density at radius 1 is 1.32 bits per heavy atom. The van der Waals surface area contributed by atoms with E-state index in [1.54, 1.807) is 12.3 Å². The number of anilines is 1. The van der Waals surface area contributed by atoms with E-state index in [4.69, 9.17) is 0 Å². The van der Waals surface area contributed by atoms with Crippen molar-refractivity contribution in [3.05, 3.63) is 48.2 Å². The predicted molar refractivity (Wildman–Crippen MR) is 78.8 cm³/mol. The van der Waals surface area contributed by atoms with Gasteiger partial charge in [-0.3, -0.25) is 5.10 Å². The standard InChI is InChI=1S/C15H14FN5O/c16-10-3-1-2-9(4-10)13-5-11(22)7-21(13)15-12-6-19-20-14(12)17-8-18-15/h1-4,6,8,11,13,22H,5,7H2,(H,17,18,19,20)/t11-,13+/m0/s1. The van der Waals surface area contributed by atoms with Gasteiger partial charge in [-0.05, 0) is 24.1 Å². The van der Waals surface area contributed by atoms with Crippen LogP contribution < -0.4 is 4.90 Å². The Labute approximate surface area is 125 Å². The lowest BCUT2D eigenvalue weighted by Crippen LogP contribution is -2.25. The first-order valence-electron chi connectivity index (χ1n) is 7.06. The number of β-amino-alcohol motifs (C(OH)–C–C–N with tert-alkyl or cyclic N) is 1. The predicted octanol–water partition coefficient (Wildman–Crippen LogP) is 1.80. The number of fused-ring (bicyclic) bond motifs is 1. The van der Waals surface area contributed by atoms with Gasteiger partial charge < -0.3 is 10.0 Å². The van der Waals surface area contributed by atoms with E-state index in [-0.39, 0.29) is 11.9 Å². The maximum absolute atomic E-state index is 13.5. The summed E-state index contributed by atoms with van der Waals surface area (Å²) in [4.78, 5) is 10.5. The SMILES string of the molecule is O[C@H]1C[C@H](c2cccc(F)c2)N(c2ncnc3[nH]ncc23)C1. The first kappa shape index (κ1) is 13.1. The fourth-order valence-corrected chi connectivity index (χ4v) is 3.06. The minimum atomic E-state index is -0.481. The van der Waals surface area contributed by atoms with E-state index >= 15 is 0 Å². The highest BCUT2D eigenvalue weighted by Crippen LogP contribution is 2.37. The fraction of sp³-hybridized carbons (Fsp3) is 0.267. The van der Waals surface area contributed by atoms with Crippen molar-refractivity contribution in [3.63, 3.8) is 0 Å². The largest absolute Gasteiger partial charge is 0.391 e. The number of halogens is 1. The van der Waals surface area contributed by atoms with Crippen LogP contribution in [0.15, 0.2) is 36.8 Å². The maximum atomic E-state index is 13.5. The van der Waals surface area contributed by atoms with Crippen LogP contribution in [0, 0.1) is 5.82 Å². The molecule has 1 saturated heterocycles. The van der Waals surface area contributed by atoms with Crippen molar-refractivity contribution in [2.45, 2.75) is 18.6 Å². The normalized spacial score (nSPS) is 21.6. The number of aromatic amines is 1. The number of hydrogen-bond donors (Lipinski definition) is 2. The average molecular weight is 299 g/mol. The molecule has 7 heteroatoms. The van der Waals surface area contributed by atoms with E-state index < -0.39 is 6.10 Å². The molecular formula is C15H14FN5O. The Hall–Kier alpha value is -2.54. The summed E-state index contributed by atoms with van der Waals surface area (Å²) in [5.74, 6) is 0.416. The van der Waals surface area contributed by atoms with Gasteiger partial charge in [-0.25, -0.2) is 14.4 Å². The Balaban J connectivity index is 1.80. The van der Waals surface area contributed by atoms with Gasteiger partial charge in [-0.2, -0.15) is 5.10 Å². The monoisotopic (exact) mass is 299 g/mol. The highest BCUT2D eigenvalue weighted by Gasteiger charge is 2.34. The van der Waals surface area contributed by atoms with Crippen LogP contribution in [0.4, 0.5) is 10.2 Å². The molecule has 0 aliphatic carbocycles. The Kier molecular flexibility index (Phi) is 3.00. The number of hydrogen-bond acceptors (Lipinski definition) is 5. The molecule has 0 bridgehead atoms. The molecule has 112 valence electrons. The molecule has 22 heavy (non-hydrogen) atoms. The molecule has 0 saturated carbocycles.